The number of carbonyl (C=O) groups excluding carboxylic acids is 1. The summed E-state index contributed by atoms with van der Waals surface area (Å²) in [5.41, 5.74) is 1.79. The molecule has 0 saturated carbocycles. The molecule has 21 heavy (non-hydrogen) atoms. The van der Waals surface area contributed by atoms with Crippen LogP contribution in [0.4, 0.5) is 10.5 Å². The van der Waals surface area contributed by atoms with Gasteiger partial charge in [-0.05, 0) is 42.2 Å². The number of carbonyl (C=O) groups is 1. The molecule has 0 aliphatic carbocycles. The number of hydrogen-bond donors (Lipinski definition) is 1. The largest absolute Gasteiger partial charge is 0.323 e. The molecule has 0 fully saturated rings. The molecule has 0 unspecified atom stereocenters. The summed E-state index contributed by atoms with van der Waals surface area (Å²) in [4.78, 5) is 15.0. The van der Waals surface area contributed by atoms with E-state index in [9.17, 15) is 4.79 Å². The molecule has 2 aromatic rings. The summed E-state index contributed by atoms with van der Waals surface area (Å²) in [5, 5.41) is 3.42. The van der Waals surface area contributed by atoms with Gasteiger partial charge in [-0.1, -0.05) is 29.8 Å². The third kappa shape index (κ3) is 4.69. The number of hydrogen-bond acceptors (Lipinski definition) is 2. The topological polar surface area (TPSA) is 32.3 Å². The highest BCUT2D eigenvalue weighted by atomic mass is 35.5. The van der Waals surface area contributed by atoms with Gasteiger partial charge in [-0.15, -0.1) is 11.8 Å². The fourth-order valence-corrected chi connectivity index (χ4v) is 2.46. The van der Waals surface area contributed by atoms with Gasteiger partial charge < -0.3 is 10.2 Å². The van der Waals surface area contributed by atoms with Gasteiger partial charge in [0.2, 0.25) is 0 Å². The van der Waals surface area contributed by atoms with E-state index < -0.39 is 0 Å². The van der Waals surface area contributed by atoms with Crippen molar-refractivity contribution in [2.75, 3.05) is 18.6 Å². The smallest absolute Gasteiger partial charge is 0.321 e. The molecule has 2 aromatic carbocycles. The van der Waals surface area contributed by atoms with Crippen molar-refractivity contribution >= 4 is 35.1 Å². The first-order valence-electron chi connectivity index (χ1n) is 6.49. The summed E-state index contributed by atoms with van der Waals surface area (Å²) in [6.45, 7) is 0.557. The van der Waals surface area contributed by atoms with Crippen molar-refractivity contribution in [3.8, 4) is 0 Å². The predicted molar refractivity (Wildman–Crippen MR) is 90.2 cm³/mol. The van der Waals surface area contributed by atoms with Crippen LogP contribution in [0.2, 0.25) is 5.02 Å². The molecule has 2 rings (SSSR count). The molecule has 0 heterocycles. The Hall–Kier alpha value is -1.65. The summed E-state index contributed by atoms with van der Waals surface area (Å²) < 4.78 is 0. The molecular formula is C16H17ClN2OS. The van der Waals surface area contributed by atoms with Gasteiger partial charge in [-0.2, -0.15) is 0 Å². The van der Waals surface area contributed by atoms with Crippen LogP contribution >= 0.6 is 23.4 Å². The van der Waals surface area contributed by atoms with Crippen LogP contribution in [0.1, 0.15) is 5.56 Å². The van der Waals surface area contributed by atoms with E-state index in [2.05, 4.69) is 17.4 Å². The lowest BCUT2D eigenvalue weighted by Crippen LogP contribution is -2.30. The number of amides is 2. The van der Waals surface area contributed by atoms with Crippen LogP contribution in [0.25, 0.3) is 0 Å². The summed E-state index contributed by atoms with van der Waals surface area (Å²) in [5.74, 6) is 0. The number of halogens is 1. The van der Waals surface area contributed by atoms with Crippen molar-refractivity contribution in [1.29, 1.82) is 0 Å². The standard InChI is InChI=1S/C16H17ClN2OS/c1-19(11-12-6-8-15(21-2)9-7-12)16(20)18-14-5-3-4-13(17)10-14/h3-10H,11H2,1-2H3,(H,18,20). The second-order valence-electron chi connectivity index (χ2n) is 4.64. The van der Waals surface area contributed by atoms with Crippen molar-refractivity contribution < 1.29 is 4.79 Å². The maximum atomic E-state index is 12.1. The minimum absolute atomic E-state index is 0.161. The van der Waals surface area contributed by atoms with Crippen LogP contribution in [0.15, 0.2) is 53.4 Å². The van der Waals surface area contributed by atoms with E-state index in [0.717, 1.165) is 5.56 Å². The highest BCUT2D eigenvalue weighted by molar-refractivity contribution is 7.98. The Labute approximate surface area is 134 Å². The van der Waals surface area contributed by atoms with Crippen LogP contribution < -0.4 is 5.32 Å². The quantitative estimate of drug-likeness (QED) is 0.826. The first-order valence-corrected chi connectivity index (χ1v) is 8.09. The third-order valence-electron chi connectivity index (χ3n) is 3.00. The average Bonchev–Trinajstić information content (AvgIpc) is 2.48. The van der Waals surface area contributed by atoms with Gasteiger partial charge in [0, 0.05) is 29.2 Å². The van der Waals surface area contributed by atoms with Crippen molar-refractivity contribution in [2.45, 2.75) is 11.4 Å². The van der Waals surface area contributed by atoms with E-state index in [-0.39, 0.29) is 6.03 Å². The van der Waals surface area contributed by atoms with Gasteiger partial charge in [-0.25, -0.2) is 4.79 Å². The Bertz CT molecular complexity index is 616. The van der Waals surface area contributed by atoms with Gasteiger partial charge in [-0.3, -0.25) is 0 Å². The van der Waals surface area contributed by atoms with Crippen molar-refractivity contribution in [2.24, 2.45) is 0 Å². The monoisotopic (exact) mass is 320 g/mol. The van der Waals surface area contributed by atoms with Crippen molar-refractivity contribution in [3.05, 3.63) is 59.1 Å². The number of nitrogens with zero attached hydrogens (tertiary/aromatic N) is 1. The number of nitrogens with one attached hydrogen (secondary N) is 1. The number of benzene rings is 2. The normalized spacial score (nSPS) is 10.2. The zero-order valence-corrected chi connectivity index (χ0v) is 13.5. The molecule has 0 aliphatic heterocycles. The van der Waals surface area contributed by atoms with Gasteiger partial charge in [0.25, 0.3) is 0 Å². The Morgan fingerprint density at radius 2 is 1.95 bits per heavy atom. The minimum Gasteiger partial charge on any atom is -0.323 e. The minimum atomic E-state index is -0.161. The molecule has 5 heteroatoms. The summed E-state index contributed by atoms with van der Waals surface area (Å²) in [6.07, 6.45) is 2.04. The average molecular weight is 321 g/mol. The lowest BCUT2D eigenvalue weighted by atomic mass is 10.2. The first kappa shape index (κ1) is 15.7. The second kappa shape index (κ2) is 7.38. The summed E-state index contributed by atoms with van der Waals surface area (Å²) >= 11 is 7.60. The predicted octanol–water partition coefficient (Wildman–Crippen LogP) is 4.73. The fraction of sp³-hybridized carbons (Fsp3) is 0.188. The van der Waals surface area contributed by atoms with E-state index in [0.29, 0.717) is 17.3 Å². The molecule has 3 nitrogen and oxygen atoms in total. The maximum Gasteiger partial charge on any atom is 0.321 e. The molecule has 0 spiro atoms. The Balaban J connectivity index is 1.95. The molecule has 0 aromatic heterocycles. The fourth-order valence-electron chi connectivity index (χ4n) is 1.86. The number of thioether (sulfide) groups is 1. The van der Waals surface area contributed by atoms with E-state index in [1.54, 1.807) is 41.9 Å². The Kier molecular flexibility index (Phi) is 5.53. The van der Waals surface area contributed by atoms with Crippen LogP contribution in [-0.4, -0.2) is 24.2 Å². The Morgan fingerprint density at radius 3 is 2.57 bits per heavy atom. The lowest BCUT2D eigenvalue weighted by Gasteiger charge is -2.18. The molecule has 0 atom stereocenters. The van der Waals surface area contributed by atoms with E-state index in [4.69, 9.17) is 11.6 Å². The molecule has 0 aliphatic rings. The second-order valence-corrected chi connectivity index (χ2v) is 5.96. The molecule has 0 saturated heterocycles. The molecule has 2 amide bonds. The highest BCUT2D eigenvalue weighted by Crippen LogP contribution is 2.17. The zero-order valence-electron chi connectivity index (χ0n) is 12.0. The summed E-state index contributed by atoms with van der Waals surface area (Å²) in [7, 11) is 1.77. The van der Waals surface area contributed by atoms with Gasteiger partial charge in [0.15, 0.2) is 0 Å². The van der Waals surface area contributed by atoms with Crippen LogP contribution in [0.3, 0.4) is 0 Å². The molecule has 0 bridgehead atoms. The Morgan fingerprint density at radius 1 is 1.24 bits per heavy atom. The van der Waals surface area contributed by atoms with Crippen molar-refractivity contribution in [1.82, 2.24) is 4.90 Å². The van der Waals surface area contributed by atoms with Crippen LogP contribution in [0, 0.1) is 0 Å². The molecular weight excluding hydrogens is 304 g/mol. The lowest BCUT2D eigenvalue weighted by molar-refractivity contribution is 0.220. The van der Waals surface area contributed by atoms with Gasteiger partial charge in [0.1, 0.15) is 0 Å². The van der Waals surface area contributed by atoms with Crippen LogP contribution in [0.5, 0.6) is 0 Å². The van der Waals surface area contributed by atoms with E-state index in [1.807, 2.05) is 24.5 Å². The van der Waals surface area contributed by atoms with Gasteiger partial charge in [0.05, 0.1) is 0 Å². The van der Waals surface area contributed by atoms with E-state index in [1.165, 1.54) is 4.90 Å². The van der Waals surface area contributed by atoms with Crippen LogP contribution in [-0.2, 0) is 6.54 Å². The molecule has 110 valence electrons. The number of anilines is 1. The third-order valence-corrected chi connectivity index (χ3v) is 3.98. The number of rotatable bonds is 4. The molecule has 0 radical (unpaired) electrons. The molecule has 1 N–H and O–H groups in total. The summed E-state index contributed by atoms with van der Waals surface area (Å²) in [6, 6.07) is 15.1. The van der Waals surface area contributed by atoms with Gasteiger partial charge >= 0.3 is 6.03 Å². The zero-order chi connectivity index (χ0) is 15.2. The highest BCUT2D eigenvalue weighted by Gasteiger charge is 2.09. The maximum absolute atomic E-state index is 12.1. The number of urea groups is 1. The first-order chi connectivity index (χ1) is 10.1. The van der Waals surface area contributed by atoms with Crippen molar-refractivity contribution in [3.63, 3.8) is 0 Å². The van der Waals surface area contributed by atoms with E-state index >= 15 is 0 Å². The SMILES string of the molecule is CSc1ccc(CN(C)C(=O)Nc2cccc(Cl)c2)cc1.